The zero-order chi connectivity index (χ0) is 32.5. The molecule has 3 aliphatic heterocycles. The number of nitrogens with zero attached hydrogens (tertiary/aromatic N) is 3. The maximum absolute atomic E-state index is 13.4. The predicted molar refractivity (Wildman–Crippen MR) is 167 cm³/mol. The molecule has 2 fully saturated rings. The summed E-state index contributed by atoms with van der Waals surface area (Å²) in [6.45, 7) is 2.61. The number of nitrogens with one attached hydrogen (secondary N) is 2. The zero-order valence-corrected chi connectivity index (χ0v) is 25.8. The Bertz CT molecular complexity index is 1730. The summed E-state index contributed by atoms with van der Waals surface area (Å²) in [6.07, 6.45) is -2.48. The minimum Gasteiger partial charge on any atom is -0.335 e. The van der Waals surface area contributed by atoms with Crippen molar-refractivity contribution < 1.29 is 31.2 Å². The van der Waals surface area contributed by atoms with Crippen molar-refractivity contribution in [1.29, 1.82) is 0 Å². The predicted octanol–water partition coefficient (Wildman–Crippen LogP) is 4.97. The lowest BCUT2D eigenvalue weighted by Crippen LogP contribution is -2.49. The number of piperidine rings is 1. The van der Waals surface area contributed by atoms with E-state index in [2.05, 4.69) is 14.9 Å². The van der Waals surface area contributed by atoms with Crippen LogP contribution in [0.3, 0.4) is 0 Å². The van der Waals surface area contributed by atoms with Crippen LogP contribution < -0.4 is 10.0 Å². The summed E-state index contributed by atoms with van der Waals surface area (Å²) in [4.78, 5) is 32.9. The standard InChI is InChI=1S/C33H34F3N5O4S/c34-33(35,36)32(43)41-18-14-25(15-19-41)39-46(44,45)26-12-13-28-27(20-26)29(31(42)38-28)30(23-6-2-1-3-7-23)37-24-10-8-22(9-11-24)21-40-16-4-5-17-40/h1-3,6-13,20,25,29,39H,4-5,14-19,21H2,(H,38,42). The largest absolute Gasteiger partial charge is 0.471 e. The van der Waals surface area contributed by atoms with E-state index in [1.807, 2.05) is 54.6 Å². The lowest BCUT2D eigenvalue weighted by molar-refractivity contribution is -0.186. The van der Waals surface area contributed by atoms with E-state index < -0.39 is 34.1 Å². The smallest absolute Gasteiger partial charge is 0.335 e. The summed E-state index contributed by atoms with van der Waals surface area (Å²) in [5.74, 6) is -3.16. The van der Waals surface area contributed by atoms with Crippen molar-refractivity contribution in [2.24, 2.45) is 4.99 Å². The van der Waals surface area contributed by atoms with E-state index in [0.717, 1.165) is 19.6 Å². The van der Waals surface area contributed by atoms with Crippen LogP contribution in [0.25, 0.3) is 0 Å². The van der Waals surface area contributed by atoms with Gasteiger partial charge in [0.1, 0.15) is 5.92 Å². The molecule has 3 heterocycles. The molecule has 3 aliphatic rings. The van der Waals surface area contributed by atoms with Crippen molar-refractivity contribution in [3.8, 4) is 0 Å². The van der Waals surface area contributed by atoms with Gasteiger partial charge in [-0.2, -0.15) is 13.2 Å². The normalized spacial score (nSPS) is 19.7. The van der Waals surface area contributed by atoms with Crippen molar-refractivity contribution in [2.45, 2.75) is 55.3 Å². The molecular weight excluding hydrogens is 619 g/mol. The fourth-order valence-electron chi connectivity index (χ4n) is 6.26. The molecule has 13 heteroatoms. The average molecular weight is 654 g/mol. The Hall–Kier alpha value is -4.07. The molecule has 3 aromatic rings. The molecule has 6 rings (SSSR count). The number of aliphatic imine (C=N–C) groups is 1. The molecule has 0 bridgehead atoms. The highest BCUT2D eigenvalue weighted by molar-refractivity contribution is 7.89. The van der Waals surface area contributed by atoms with Gasteiger partial charge < -0.3 is 10.2 Å². The maximum Gasteiger partial charge on any atom is 0.471 e. The maximum atomic E-state index is 13.4. The van der Waals surface area contributed by atoms with Crippen LogP contribution in [0.1, 0.15) is 48.3 Å². The number of halogens is 3. The van der Waals surface area contributed by atoms with E-state index in [9.17, 15) is 31.2 Å². The van der Waals surface area contributed by atoms with E-state index in [4.69, 9.17) is 4.99 Å². The first-order chi connectivity index (χ1) is 22.0. The Kier molecular flexibility index (Phi) is 8.99. The van der Waals surface area contributed by atoms with Crippen LogP contribution in [-0.2, 0) is 26.2 Å². The summed E-state index contributed by atoms with van der Waals surface area (Å²) >= 11 is 0. The molecule has 46 heavy (non-hydrogen) atoms. The van der Waals surface area contributed by atoms with Gasteiger partial charge in [-0.3, -0.25) is 19.5 Å². The second-order valence-electron chi connectivity index (χ2n) is 11.9. The Morgan fingerprint density at radius 1 is 0.935 bits per heavy atom. The topological polar surface area (TPSA) is 111 Å². The minimum absolute atomic E-state index is 0.0380. The Morgan fingerprint density at radius 3 is 2.26 bits per heavy atom. The van der Waals surface area contributed by atoms with Crippen LogP contribution >= 0.6 is 0 Å². The van der Waals surface area contributed by atoms with Gasteiger partial charge in [-0.1, -0.05) is 42.5 Å². The van der Waals surface area contributed by atoms with E-state index >= 15 is 0 Å². The van der Waals surface area contributed by atoms with Crippen LogP contribution in [0.5, 0.6) is 0 Å². The summed E-state index contributed by atoms with van der Waals surface area (Å²) in [5, 5.41) is 2.85. The van der Waals surface area contributed by atoms with Crippen LogP contribution in [0.2, 0.25) is 0 Å². The summed E-state index contributed by atoms with van der Waals surface area (Å²) in [7, 11) is -4.11. The van der Waals surface area contributed by atoms with Crippen molar-refractivity contribution >= 4 is 38.9 Å². The van der Waals surface area contributed by atoms with Gasteiger partial charge in [0.15, 0.2) is 0 Å². The van der Waals surface area contributed by atoms with Gasteiger partial charge in [0.25, 0.3) is 0 Å². The molecule has 3 aromatic carbocycles. The van der Waals surface area contributed by atoms with Crippen molar-refractivity contribution in [1.82, 2.24) is 14.5 Å². The Morgan fingerprint density at radius 2 is 1.61 bits per heavy atom. The third-order valence-corrected chi connectivity index (χ3v) is 10.2. The van der Waals surface area contributed by atoms with Crippen LogP contribution in [0, 0.1) is 0 Å². The number of carbonyl (C=O) groups is 2. The number of hydrogen-bond donors (Lipinski definition) is 2. The fourth-order valence-corrected chi connectivity index (χ4v) is 7.60. The second-order valence-corrected chi connectivity index (χ2v) is 13.6. The third kappa shape index (κ3) is 7.01. The summed E-state index contributed by atoms with van der Waals surface area (Å²) < 4.78 is 67.9. The first-order valence-electron chi connectivity index (χ1n) is 15.3. The summed E-state index contributed by atoms with van der Waals surface area (Å²) in [5.41, 5.74) is 3.93. The molecule has 1 unspecified atom stereocenters. The summed E-state index contributed by atoms with van der Waals surface area (Å²) in [6, 6.07) is 20.8. The molecule has 2 saturated heterocycles. The van der Waals surface area contributed by atoms with Gasteiger partial charge in [0.2, 0.25) is 15.9 Å². The van der Waals surface area contributed by atoms with Crippen LogP contribution in [0.15, 0.2) is 82.7 Å². The van der Waals surface area contributed by atoms with E-state index in [1.54, 1.807) is 0 Å². The van der Waals surface area contributed by atoms with Gasteiger partial charge in [-0.25, -0.2) is 13.1 Å². The van der Waals surface area contributed by atoms with Crippen molar-refractivity contribution in [3.05, 3.63) is 89.5 Å². The molecule has 0 saturated carbocycles. The van der Waals surface area contributed by atoms with E-state index in [1.165, 1.54) is 36.6 Å². The van der Waals surface area contributed by atoms with Gasteiger partial charge in [0, 0.05) is 31.4 Å². The number of rotatable bonds is 8. The number of amides is 2. The highest BCUT2D eigenvalue weighted by Crippen LogP contribution is 2.38. The fraction of sp³-hybridized carbons (Fsp3) is 0.364. The van der Waals surface area contributed by atoms with Crippen LogP contribution in [0.4, 0.5) is 24.5 Å². The van der Waals surface area contributed by atoms with E-state index in [0.29, 0.717) is 33.1 Å². The molecule has 0 aliphatic carbocycles. The Labute approximate surface area is 265 Å². The van der Waals surface area contributed by atoms with E-state index in [-0.39, 0.29) is 36.7 Å². The van der Waals surface area contributed by atoms with Crippen molar-refractivity contribution in [3.63, 3.8) is 0 Å². The number of sulfonamides is 1. The molecule has 2 N–H and O–H groups in total. The molecule has 242 valence electrons. The number of carbonyl (C=O) groups excluding carboxylic acids is 2. The van der Waals surface area contributed by atoms with Gasteiger partial charge in [0.05, 0.1) is 16.3 Å². The lowest BCUT2D eigenvalue weighted by Gasteiger charge is -2.32. The highest BCUT2D eigenvalue weighted by atomic mass is 32.2. The lowest BCUT2D eigenvalue weighted by atomic mass is 9.90. The van der Waals surface area contributed by atoms with Gasteiger partial charge in [-0.15, -0.1) is 0 Å². The molecule has 1 atom stereocenters. The Balaban J connectivity index is 1.25. The van der Waals surface area contributed by atoms with Gasteiger partial charge in [-0.05, 0) is 85.8 Å². The first kappa shape index (κ1) is 31.9. The van der Waals surface area contributed by atoms with Gasteiger partial charge >= 0.3 is 12.1 Å². The number of hydrogen-bond acceptors (Lipinski definition) is 6. The highest BCUT2D eigenvalue weighted by Gasteiger charge is 2.43. The first-order valence-corrected chi connectivity index (χ1v) is 16.7. The molecule has 9 nitrogen and oxygen atoms in total. The molecular formula is C33H34F3N5O4S. The third-order valence-electron chi connectivity index (χ3n) is 8.64. The number of fused-ring (bicyclic) bond motifs is 1. The number of alkyl halides is 3. The van der Waals surface area contributed by atoms with Crippen molar-refractivity contribution in [2.75, 3.05) is 31.5 Å². The number of anilines is 1. The SMILES string of the molecule is O=C1Nc2ccc(S(=O)(=O)NC3CCN(C(=O)C(F)(F)F)CC3)cc2C1C(=Nc1ccc(CN2CCCC2)cc1)c1ccccc1. The zero-order valence-electron chi connectivity index (χ0n) is 25.0. The number of likely N-dealkylation sites (tertiary alicyclic amines) is 2. The average Bonchev–Trinajstić information content (AvgIpc) is 3.67. The second kappa shape index (κ2) is 13.0. The molecule has 0 spiro atoms. The monoisotopic (exact) mass is 653 g/mol. The van der Waals surface area contributed by atoms with Crippen LogP contribution in [-0.4, -0.2) is 74.1 Å². The molecule has 2 amide bonds. The quantitative estimate of drug-likeness (QED) is 0.334. The molecule has 0 aromatic heterocycles. The molecule has 0 radical (unpaired) electrons. The number of benzene rings is 3. The minimum atomic E-state index is -4.97.